The molecule has 6 nitrogen and oxygen atoms in total. The molecule has 0 aliphatic rings. The van der Waals surface area contributed by atoms with E-state index in [1.807, 2.05) is 68.0 Å². The summed E-state index contributed by atoms with van der Waals surface area (Å²) in [5, 5.41) is 7.87. The maximum absolute atomic E-state index is 12.5. The number of benzene rings is 3. The zero-order valence-electron chi connectivity index (χ0n) is 20.3. The molecule has 0 atom stereocenters. The minimum absolute atomic E-state index is 0.470. The van der Waals surface area contributed by atoms with Crippen molar-refractivity contribution in [2.75, 3.05) is 6.61 Å². The summed E-state index contributed by atoms with van der Waals surface area (Å²) < 4.78 is 35.6. The lowest BCUT2D eigenvalue weighted by molar-refractivity contribution is 0.321. The summed E-state index contributed by atoms with van der Waals surface area (Å²) in [6.07, 6.45) is 5.96. The van der Waals surface area contributed by atoms with E-state index in [-0.39, 0.29) is 0 Å². The van der Waals surface area contributed by atoms with Gasteiger partial charge in [-0.2, -0.15) is 5.10 Å². The first-order valence-corrected chi connectivity index (χ1v) is 13.1. The molecule has 182 valence electrons. The molecule has 0 amide bonds. The second kappa shape index (κ2) is 10.5. The Bertz CT molecular complexity index is 1420. The van der Waals surface area contributed by atoms with Gasteiger partial charge in [0.05, 0.1) is 13.2 Å². The first kappa shape index (κ1) is 24.7. The molecule has 7 heteroatoms. The fourth-order valence-corrected chi connectivity index (χ4v) is 5.07. The van der Waals surface area contributed by atoms with Crippen molar-refractivity contribution >= 4 is 26.9 Å². The second-order valence-corrected chi connectivity index (χ2v) is 11.1. The molecule has 0 fully saturated rings. The van der Waals surface area contributed by atoms with Crippen LogP contribution in [0.25, 0.3) is 16.8 Å². The molecule has 0 saturated heterocycles. The number of hydrogen-bond acceptors (Lipinski definition) is 4. The maximum Gasteiger partial charge on any atom is 0.234 e. The molecule has 0 aliphatic heterocycles. The number of ether oxygens (including phenoxy) is 1. The van der Waals surface area contributed by atoms with E-state index < -0.39 is 15.6 Å². The molecule has 0 unspecified atom stereocenters. The molecule has 0 radical (unpaired) electrons. The number of sulfonamides is 1. The highest BCUT2D eigenvalue weighted by Crippen LogP contribution is 2.24. The van der Waals surface area contributed by atoms with Crippen LogP contribution in [0.15, 0.2) is 84.5 Å². The summed E-state index contributed by atoms with van der Waals surface area (Å²) in [7, 11) is -3.59. The number of rotatable bonds is 9. The number of aromatic nitrogens is 2. The Kier molecular flexibility index (Phi) is 7.38. The van der Waals surface area contributed by atoms with Gasteiger partial charge in [0, 0.05) is 35.3 Å². The molecule has 1 heterocycles. The van der Waals surface area contributed by atoms with Gasteiger partial charge in [-0.25, -0.2) is 13.1 Å². The minimum Gasteiger partial charge on any atom is -0.493 e. The molecule has 0 spiro atoms. The van der Waals surface area contributed by atoms with Crippen LogP contribution >= 0.6 is 0 Å². The Balaban J connectivity index is 1.53. The van der Waals surface area contributed by atoms with Crippen LogP contribution in [0, 0.1) is 0 Å². The first-order valence-electron chi connectivity index (χ1n) is 11.6. The van der Waals surface area contributed by atoms with E-state index in [0.29, 0.717) is 24.5 Å². The van der Waals surface area contributed by atoms with Crippen LogP contribution in [-0.2, 0) is 23.0 Å². The quantitative estimate of drug-likeness (QED) is 0.342. The number of nitrogens with one attached hydrogen (secondary N) is 1. The van der Waals surface area contributed by atoms with Crippen LogP contribution < -0.4 is 9.46 Å². The summed E-state index contributed by atoms with van der Waals surface area (Å²) >= 11 is 0. The molecule has 4 aromatic rings. The van der Waals surface area contributed by atoms with Crippen molar-refractivity contribution in [2.24, 2.45) is 0 Å². The third-order valence-corrected chi connectivity index (χ3v) is 6.71. The molecule has 1 N–H and O–H groups in total. The van der Waals surface area contributed by atoms with E-state index in [2.05, 4.69) is 40.2 Å². The normalized spacial score (nSPS) is 12.4. The Labute approximate surface area is 207 Å². The van der Waals surface area contributed by atoms with Crippen molar-refractivity contribution in [1.29, 1.82) is 0 Å². The average molecular weight is 490 g/mol. The largest absolute Gasteiger partial charge is 0.493 e. The minimum atomic E-state index is -3.59. The van der Waals surface area contributed by atoms with Gasteiger partial charge in [-0.3, -0.25) is 4.68 Å². The molecular weight excluding hydrogens is 458 g/mol. The smallest absolute Gasteiger partial charge is 0.234 e. The van der Waals surface area contributed by atoms with Gasteiger partial charge in [0.15, 0.2) is 0 Å². The van der Waals surface area contributed by atoms with E-state index in [1.165, 1.54) is 21.7 Å². The Morgan fingerprint density at radius 2 is 1.74 bits per heavy atom. The van der Waals surface area contributed by atoms with E-state index in [9.17, 15) is 8.42 Å². The highest BCUT2D eigenvalue weighted by atomic mass is 32.2. The lowest BCUT2D eigenvalue weighted by atomic mass is 10.1. The monoisotopic (exact) mass is 489 g/mol. The van der Waals surface area contributed by atoms with Crippen LogP contribution in [-0.4, -0.2) is 30.3 Å². The van der Waals surface area contributed by atoms with E-state index in [4.69, 9.17) is 4.74 Å². The predicted molar refractivity (Wildman–Crippen MR) is 142 cm³/mol. The summed E-state index contributed by atoms with van der Waals surface area (Å²) in [5.41, 5.74) is 2.34. The Hall–Kier alpha value is -3.42. The van der Waals surface area contributed by atoms with Crippen LogP contribution in [0.4, 0.5) is 0 Å². The van der Waals surface area contributed by atoms with Gasteiger partial charge in [0.25, 0.3) is 0 Å². The predicted octanol–water partition coefficient (Wildman–Crippen LogP) is 5.39. The Morgan fingerprint density at radius 3 is 2.49 bits per heavy atom. The number of fused-ring (bicyclic) bond motifs is 1. The molecule has 0 bridgehead atoms. The van der Waals surface area contributed by atoms with E-state index >= 15 is 0 Å². The van der Waals surface area contributed by atoms with Gasteiger partial charge in [-0.15, -0.1) is 0 Å². The molecular formula is C28H31N3O3S. The first-order chi connectivity index (χ1) is 16.7. The highest BCUT2D eigenvalue weighted by molar-refractivity contribution is 7.92. The van der Waals surface area contributed by atoms with Gasteiger partial charge in [-0.05, 0) is 60.9 Å². The third kappa shape index (κ3) is 7.28. The van der Waals surface area contributed by atoms with Crippen molar-refractivity contribution in [3.63, 3.8) is 0 Å². The van der Waals surface area contributed by atoms with Gasteiger partial charge < -0.3 is 4.74 Å². The summed E-state index contributed by atoms with van der Waals surface area (Å²) in [4.78, 5) is 0. The summed E-state index contributed by atoms with van der Waals surface area (Å²) in [5.74, 6) is 0.637. The Morgan fingerprint density at radius 1 is 0.971 bits per heavy atom. The van der Waals surface area contributed by atoms with Crippen molar-refractivity contribution in [2.45, 2.75) is 39.3 Å². The zero-order chi connectivity index (χ0) is 24.9. The SMILES string of the molecule is CC(C)(C)NS(=O)(=O)C=Cc1ccc(Cn2cccn2)cc1OCCc1ccc2ccccc2c1. The van der Waals surface area contributed by atoms with Crippen LogP contribution in [0.5, 0.6) is 5.75 Å². The van der Waals surface area contributed by atoms with Crippen LogP contribution in [0.2, 0.25) is 0 Å². The van der Waals surface area contributed by atoms with Crippen LogP contribution in [0.1, 0.15) is 37.5 Å². The summed E-state index contributed by atoms with van der Waals surface area (Å²) in [6, 6.07) is 22.4. The molecule has 0 saturated carbocycles. The van der Waals surface area contributed by atoms with E-state index in [0.717, 1.165) is 12.0 Å². The molecule has 35 heavy (non-hydrogen) atoms. The molecule has 3 aromatic carbocycles. The maximum atomic E-state index is 12.5. The fourth-order valence-electron chi connectivity index (χ4n) is 3.82. The van der Waals surface area contributed by atoms with Gasteiger partial charge in [-0.1, -0.05) is 54.6 Å². The van der Waals surface area contributed by atoms with Crippen molar-refractivity contribution in [3.8, 4) is 5.75 Å². The zero-order valence-corrected chi connectivity index (χ0v) is 21.1. The van der Waals surface area contributed by atoms with Gasteiger partial charge >= 0.3 is 0 Å². The topological polar surface area (TPSA) is 73.2 Å². The van der Waals surface area contributed by atoms with E-state index in [1.54, 1.807) is 12.3 Å². The van der Waals surface area contributed by atoms with Gasteiger partial charge in [0.2, 0.25) is 10.0 Å². The summed E-state index contributed by atoms with van der Waals surface area (Å²) in [6.45, 7) is 6.50. The van der Waals surface area contributed by atoms with Crippen LogP contribution in [0.3, 0.4) is 0 Å². The molecule has 4 rings (SSSR count). The standard InChI is InChI=1S/C28H31N3O3S/c1-28(2,3)30-35(32,33)18-14-25-12-10-23(21-31-16-6-15-29-31)20-27(25)34-17-13-22-9-11-24-7-4-5-8-26(24)19-22/h4-12,14-16,18-20,30H,13,17,21H2,1-3H3. The highest BCUT2D eigenvalue weighted by Gasteiger charge is 2.17. The fraction of sp³-hybridized carbons (Fsp3) is 0.250. The number of nitrogens with zero attached hydrogens (tertiary/aromatic N) is 2. The molecule has 0 aliphatic carbocycles. The van der Waals surface area contributed by atoms with Crippen molar-refractivity contribution in [3.05, 3.63) is 101 Å². The van der Waals surface area contributed by atoms with Crippen molar-refractivity contribution < 1.29 is 13.2 Å². The average Bonchev–Trinajstić information content (AvgIpc) is 3.30. The van der Waals surface area contributed by atoms with Gasteiger partial charge in [0.1, 0.15) is 5.75 Å². The molecule has 1 aromatic heterocycles. The third-order valence-electron chi connectivity index (χ3n) is 5.32. The van der Waals surface area contributed by atoms with Crippen molar-refractivity contribution in [1.82, 2.24) is 14.5 Å². The lowest BCUT2D eigenvalue weighted by Gasteiger charge is -2.18. The number of hydrogen-bond donors (Lipinski definition) is 1. The second-order valence-electron chi connectivity index (χ2n) is 9.56. The lowest BCUT2D eigenvalue weighted by Crippen LogP contribution is -2.39.